The molecule has 0 aliphatic heterocycles. The van der Waals surface area contributed by atoms with Crippen molar-refractivity contribution in [2.45, 2.75) is 25.9 Å². The van der Waals surface area contributed by atoms with Crippen LogP contribution in [-0.4, -0.2) is 22.6 Å². The lowest BCUT2D eigenvalue weighted by atomic mass is 10.1. The van der Waals surface area contributed by atoms with Crippen molar-refractivity contribution in [2.75, 3.05) is 7.11 Å². The Morgan fingerprint density at radius 3 is 2.63 bits per heavy atom. The standard InChI is InChI=1S/C20H21N3O4/c1-13(14-7-4-6-10-17(14)27-2)21-18(24)11-12-23-16-9-5-3-8-15(16)19(25)22-20(23)26/h3-10,13H,11-12H2,1-2H3,(H,21,24)(H,22,25,26). The zero-order chi connectivity index (χ0) is 19.4. The first kappa shape index (κ1) is 18.4. The monoisotopic (exact) mass is 367 g/mol. The second kappa shape index (κ2) is 7.90. The molecule has 140 valence electrons. The van der Waals surface area contributed by atoms with Crippen molar-refractivity contribution in [3.8, 4) is 5.75 Å². The van der Waals surface area contributed by atoms with Crippen molar-refractivity contribution in [2.24, 2.45) is 0 Å². The minimum Gasteiger partial charge on any atom is -0.496 e. The molecule has 1 heterocycles. The molecule has 0 spiro atoms. The third-order valence-electron chi connectivity index (χ3n) is 4.45. The van der Waals surface area contributed by atoms with Crippen molar-refractivity contribution < 1.29 is 9.53 Å². The Morgan fingerprint density at radius 2 is 1.85 bits per heavy atom. The molecule has 0 aliphatic carbocycles. The quantitative estimate of drug-likeness (QED) is 0.697. The number of fused-ring (bicyclic) bond motifs is 1. The smallest absolute Gasteiger partial charge is 0.328 e. The number of nitrogens with one attached hydrogen (secondary N) is 2. The van der Waals surface area contributed by atoms with Crippen molar-refractivity contribution in [1.29, 1.82) is 0 Å². The number of amides is 1. The highest BCUT2D eigenvalue weighted by Gasteiger charge is 2.14. The van der Waals surface area contributed by atoms with Crippen LogP contribution in [0.15, 0.2) is 58.1 Å². The van der Waals surface area contributed by atoms with Gasteiger partial charge in [-0.15, -0.1) is 0 Å². The Bertz CT molecular complexity index is 1080. The molecule has 27 heavy (non-hydrogen) atoms. The van der Waals surface area contributed by atoms with Crippen LogP contribution in [0.1, 0.15) is 24.9 Å². The summed E-state index contributed by atoms with van der Waals surface area (Å²) in [6.07, 6.45) is 0.107. The Kier molecular flexibility index (Phi) is 5.40. The van der Waals surface area contributed by atoms with E-state index in [0.717, 1.165) is 5.56 Å². The fraction of sp³-hybridized carbons (Fsp3) is 0.250. The topological polar surface area (TPSA) is 93.2 Å². The summed E-state index contributed by atoms with van der Waals surface area (Å²) in [4.78, 5) is 38.7. The first-order valence-electron chi connectivity index (χ1n) is 8.65. The lowest BCUT2D eigenvalue weighted by Crippen LogP contribution is -2.33. The number of rotatable bonds is 6. The maximum atomic E-state index is 12.4. The van der Waals surface area contributed by atoms with E-state index in [4.69, 9.17) is 4.74 Å². The van der Waals surface area contributed by atoms with Crippen LogP contribution in [-0.2, 0) is 11.3 Å². The number of benzene rings is 2. The number of methoxy groups -OCH3 is 1. The van der Waals surface area contributed by atoms with E-state index in [0.29, 0.717) is 16.7 Å². The first-order valence-corrected chi connectivity index (χ1v) is 8.65. The second-order valence-electron chi connectivity index (χ2n) is 6.21. The van der Waals surface area contributed by atoms with Gasteiger partial charge in [0, 0.05) is 18.5 Å². The number of aryl methyl sites for hydroxylation is 1. The summed E-state index contributed by atoms with van der Waals surface area (Å²) in [5.41, 5.74) is 0.433. The molecule has 0 saturated carbocycles. The molecule has 1 atom stereocenters. The molecule has 7 nitrogen and oxygen atoms in total. The fourth-order valence-corrected chi connectivity index (χ4v) is 3.09. The highest BCUT2D eigenvalue weighted by molar-refractivity contribution is 5.79. The van der Waals surface area contributed by atoms with Gasteiger partial charge in [0.15, 0.2) is 0 Å². The summed E-state index contributed by atoms with van der Waals surface area (Å²) < 4.78 is 6.73. The first-order chi connectivity index (χ1) is 13.0. The summed E-state index contributed by atoms with van der Waals surface area (Å²) in [5.74, 6) is 0.503. The number of nitrogens with zero attached hydrogens (tertiary/aromatic N) is 1. The number of hydrogen-bond acceptors (Lipinski definition) is 4. The number of H-pyrrole nitrogens is 1. The Labute approximate surface area is 155 Å². The van der Waals surface area contributed by atoms with Crippen LogP contribution in [0.5, 0.6) is 5.75 Å². The van der Waals surface area contributed by atoms with Gasteiger partial charge in [-0.3, -0.25) is 19.1 Å². The van der Waals surface area contributed by atoms with Crippen molar-refractivity contribution in [3.63, 3.8) is 0 Å². The zero-order valence-electron chi connectivity index (χ0n) is 15.2. The summed E-state index contributed by atoms with van der Waals surface area (Å²) >= 11 is 0. The van der Waals surface area contributed by atoms with Gasteiger partial charge in [-0.2, -0.15) is 0 Å². The summed E-state index contributed by atoms with van der Waals surface area (Å²) in [5, 5.41) is 3.33. The fourth-order valence-electron chi connectivity index (χ4n) is 3.09. The number of aromatic amines is 1. The zero-order valence-corrected chi connectivity index (χ0v) is 15.2. The molecule has 3 rings (SSSR count). The number of carbonyl (C=O) groups excluding carboxylic acids is 1. The van der Waals surface area contributed by atoms with Crippen LogP contribution in [0.25, 0.3) is 10.9 Å². The van der Waals surface area contributed by atoms with E-state index in [1.54, 1.807) is 31.4 Å². The van der Waals surface area contributed by atoms with E-state index in [-0.39, 0.29) is 24.9 Å². The molecule has 0 radical (unpaired) electrons. The average Bonchev–Trinajstić information content (AvgIpc) is 2.67. The molecule has 3 aromatic rings. The van der Waals surface area contributed by atoms with Crippen LogP contribution < -0.4 is 21.3 Å². The van der Waals surface area contributed by atoms with Crippen molar-refractivity contribution in [1.82, 2.24) is 14.9 Å². The van der Waals surface area contributed by atoms with Gasteiger partial charge in [-0.25, -0.2) is 4.79 Å². The predicted molar refractivity (Wildman–Crippen MR) is 103 cm³/mol. The van der Waals surface area contributed by atoms with Crippen LogP contribution in [0.3, 0.4) is 0 Å². The third-order valence-corrected chi connectivity index (χ3v) is 4.45. The van der Waals surface area contributed by atoms with E-state index >= 15 is 0 Å². The third kappa shape index (κ3) is 3.92. The summed E-state index contributed by atoms with van der Waals surface area (Å²) in [7, 11) is 1.58. The second-order valence-corrected chi connectivity index (χ2v) is 6.21. The van der Waals surface area contributed by atoms with E-state index in [9.17, 15) is 14.4 Å². The highest BCUT2D eigenvalue weighted by Crippen LogP contribution is 2.24. The molecule has 2 aromatic carbocycles. The summed E-state index contributed by atoms with van der Waals surface area (Å²) in [6.45, 7) is 2.04. The lowest BCUT2D eigenvalue weighted by molar-refractivity contribution is -0.121. The molecule has 1 amide bonds. The summed E-state index contributed by atoms with van der Waals surface area (Å²) in [6, 6.07) is 14.1. The Balaban J connectivity index is 1.74. The minimum absolute atomic E-state index is 0.107. The SMILES string of the molecule is COc1ccccc1C(C)NC(=O)CCn1c(=O)[nH]c(=O)c2ccccc21. The van der Waals surface area contributed by atoms with Gasteiger partial charge in [0.1, 0.15) is 5.75 Å². The molecular weight excluding hydrogens is 346 g/mol. The van der Waals surface area contributed by atoms with E-state index in [1.165, 1.54) is 4.57 Å². The van der Waals surface area contributed by atoms with Gasteiger partial charge in [-0.1, -0.05) is 30.3 Å². The Hall–Kier alpha value is -3.35. The highest BCUT2D eigenvalue weighted by atomic mass is 16.5. The number of ether oxygens (including phenoxy) is 1. The maximum absolute atomic E-state index is 12.4. The van der Waals surface area contributed by atoms with Gasteiger partial charge < -0.3 is 10.1 Å². The van der Waals surface area contributed by atoms with Gasteiger partial charge in [0.25, 0.3) is 5.56 Å². The molecule has 0 saturated heterocycles. The number of hydrogen-bond donors (Lipinski definition) is 2. The van der Waals surface area contributed by atoms with Crippen LogP contribution >= 0.6 is 0 Å². The molecule has 2 N–H and O–H groups in total. The number of aromatic nitrogens is 2. The minimum atomic E-state index is -0.524. The normalized spacial score (nSPS) is 11.9. The predicted octanol–water partition coefficient (Wildman–Crippen LogP) is 1.97. The number of carbonyl (C=O) groups is 1. The maximum Gasteiger partial charge on any atom is 0.328 e. The van der Waals surface area contributed by atoms with Crippen molar-refractivity contribution >= 4 is 16.8 Å². The Morgan fingerprint density at radius 1 is 1.15 bits per heavy atom. The molecule has 1 unspecified atom stereocenters. The largest absolute Gasteiger partial charge is 0.496 e. The van der Waals surface area contributed by atoms with Crippen LogP contribution in [0.2, 0.25) is 0 Å². The van der Waals surface area contributed by atoms with E-state index in [2.05, 4.69) is 10.3 Å². The van der Waals surface area contributed by atoms with Gasteiger partial charge in [0.2, 0.25) is 5.91 Å². The number of para-hydroxylation sites is 2. The molecule has 0 aliphatic rings. The van der Waals surface area contributed by atoms with Crippen LogP contribution in [0.4, 0.5) is 0 Å². The molecule has 0 bridgehead atoms. The van der Waals surface area contributed by atoms with Crippen LogP contribution in [0, 0.1) is 0 Å². The van der Waals surface area contributed by atoms with Gasteiger partial charge >= 0.3 is 5.69 Å². The lowest BCUT2D eigenvalue weighted by Gasteiger charge is -2.17. The van der Waals surface area contributed by atoms with Gasteiger partial charge in [-0.05, 0) is 25.1 Å². The molecule has 7 heteroatoms. The molecule has 1 aromatic heterocycles. The molecule has 0 fully saturated rings. The van der Waals surface area contributed by atoms with Crippen molar-refractivity contribution in [3.05, 3.63) is 74.9 Å². The molecular formula is C20H21N3O4. The van der Waals surface area contributed by atoms with E-state index < -0.39 is 11.2 Å². The van der Waals surface area contributed by atoms with Gasteiger partial charge in [0.05, 0.1) is 24.1 Å². The average molecular weight is 367 g/mol. The van der Waals surface area contributed by atoms with E-state index in [1.807, 2.05) is 31.2 Å².